The van der Waals surface area contributed by atoms with Gasteiger partial charge >= 0.3 is 0 Å². The van der Waals surface area contributed by atoms with E-state index in [0.29, 0.717) is 5.92 Å². The Labute approximate surface area is 94.5 Å². The molecule has 0 aliphatic rings. The molecule has 0 saturated heterocycles. The SMILES string of the molecule is CC(C)C(C)NC(=O)Cn1cnccc1=O. The first-order valence-corrected chi connectivity index (χ1v) is 5.30. The minimum absolute atomic E-state index is 0.0176. The molecule has 0 aliphatic carbocycles. The van der Waals surface area contributed by atoms with Crippen molar-refractivity contribution in [2.24, 2.45) is 5.92 Å². The molecule has 1 N–H and O–H groups in total. The first kappa shape index (κ1) is 12.4. The van der Waals surface area contributed by atoms with Gasteiger partial charge in [-0.3, -0.25) is 14.2 Å². The average molecular weight is 223 g/mol. The van der Waals surface area contributed by atoms with Gasteiger partial charge in [-0.2, -0.15) is 0 Å². The molecule has 0 aliphatic heterocycles. The lowest BCUT2D eigenvalue weighted by Gasteiger charge is -2.17. The summed E-state index contributed by atoms with van der Waals surface area (Å²) in [5.41, 5.74) is -0.220. The van der Waals surface area contributed by atoms with Crippen molar-refractivity contribution in [2.45, 2.75) is 33.4 Å². The number of carbonyl (C=O) groups is 1. The van der Waals surface area contributed by atoms with Crippen LogP contribution < -0.4 is 10.9 Å². The summed E-state index contributed by atoms with van der Waals surface area (Å²) in [5, 5.41) is 2.83. The number of amides is 1. The van der Waals surface area contributed by atoms with Crippen molar-refractivity contribution < 1.29 is 4.79 Å². The lowest BCUT2D eigenvalue weighted by molar-refractivity contribution is -0.122. The van der Waals surface area contributed by atoms with Crippen molar-refractivity contribution in [1.29, 1.82) is 0 Å². The number of hydrogen-bond acceptors (Lipinski definition) is 3. The fraction of sp³-hybridized carbons (Fsp3) is 0.545. The molecule has 0 bridgehead atoms. The van der Waals surface area contributed by atoms with Gasteiger partial charge in [-0.1, -0.05) is 13.8 Å². The average Bonchev–Trinajstić information content (AvgIpc) is 2.21. The van der Waals surface area contributed by atoms with Crippen molar-refractivity contribution in [3.63, 3.8) is 0 Å². The Kier molecular flexibility index (Phi) is 4.22. The fourth-order valence-corrected chi connectivity index (χ4v) is 1.12. The van der Waals surface area contributed by atoms with Crippen molar-refractivity contribution in [1.82, 2.24) is 14.9 Å². The number of nitrogens with one attached hydrogen (secondary N) is 1. The van der Waals surface area contributed by atoms with Gasteiger partial charge in [0.15, 0.2) is 0 Å². The van der Waals surface area contributed by atoms with Gasteiger partial charge in [0, 0.05) is 18.3 Å². The highest BCUT2D eigenvalue weighted by Crippen LogP contribution is 1.99. The molecule has 1 aromatic rings. The first-order valence-electron chi connectivity index (χ1n) is 5.30. The predicted molar refractivity (Wildman–Crippen MR) is 60.9 cm³/mol. The molecule has 0 saturated carbocycles. The van der Waals surface area contributed by atoms with Crippen LogP contribution in [0.1, 0.15) is 20.8 Å². The zero-order valence-corrected chi connectivity index (χ0v) is 9.80. The van der Waals surface area contributed by atoms with Crippen LogP contribution in [0, 0.1) is 5.92 Å². The molecule has 5 heteroatoms. The summed E-state index contributed by atoms with van der Waals surface area (Å²) in [5.74, 6) is 0.200. The van der Waals surface area contributed by atoms with Gasteiger partial charge in [0.05, 0.1) is 6.33 Å². The van der Waals surface area contributed by atoms with E-state index in [9.17, 15) is 9.59 Å². The van der Waals surface area contributed by atoms with E-state index in [1.54, 1.807) is 0 Å². The third-order valence-electron chi connectivity index (χ3n) is 2.49. The lowest BCUT2D eigenvalue weighted by Crippen LogP contribution is -2.39. The minimum Gasteiger partial charge on any atom is -0.352 e. The second-order valence-electron chi connectivity index (χ2n) is 4.15. The lowest BCUT2D eigenvalue weighted by atomic mass is 10.1. The Hall–Kier alpha value is -1.65. The Morgan fingerprint density at radius 2 is 2.19 bits per heavy atom. The summed E-state index contributed by atoms with van der Waals surface area (Å²) >= 11 is 0. The van der Waals surface area contributed by atoms with Gasteiger partial charge < -0.3 is 5.32 Å². The van der Waals surface area contributed by atoms with E-state index >= 15 is 0 Å². The number of aromatic nitrogens is 2. The number of nitrogens with zero attached hydrogens (tertiary/aromatic N) is 2. The Bertz CT molecular complexity index is 412. The molecule has 1 unspecified atom stereocenters. The number of carbonyl (C=O) groups excluding carboxylic acids is 1. The van der Waals surface area contributed by atoms with Crippen LogP contribution in [0.15, 0.2) is 23.4 Å². The standard InChI is InChI=1S/C11H17N3O2/c1-8(2)9(3)13-10(15)6-14-7-12-5-4-11(14)16/h4-5,7-9H,6H2,1-3H3,(H,13,15). The Balaban J connectivity index is 2.59. The molecule has 0 fully saturated rings. The second-order valence-corrected chi connectivity index (χ2v) is 4.15. The Morgan fingerprint density at radius 1 is 1.50 bits per heavy atom. The van der Waals surface area contributed by atoms with Gasteiger partial charge in [-0.05, 0) is 12.8 Å². The molecule has 16 heavy (non-hydrogen) atoms. The molecule has 0 radical (unpaired) electrons. The summed E-state index contributed by atoms with van der Waals surface area (Å²) in [6, 6.07) is 1.43. The van der Waals surface area contributed by atoms with Crippen molar-refractivity contribution in [3.8, 4) is 0 Å². The van der Waals surface area contributed by atoms with E-state index in [1.165, 1.54) is 23.2 Å². The molecule has 0 spiro atoms. The van der Waals surface area contributed by atoms with Crippen molar-refractivity contribution in [2.75, 3.05) is 0 Å². The third-order valence-corrected chi connectivity index (χ3v) is 2.49. The van der Waals surface area contributed by atoms with E-state index < -0.39 is 0 Å². The number of rotatable bonds is 4. The van der Waals surface area contributed by atoms with E-state index in [-0.39, 0.29) is 24.1 Å². The largest absolute Gasteiger partial charge is 0.352 e. The maximum absolute atomic E-state index is 11.6. The predicted octanol–water partition coefficient (Wildman–Crippen LogP) is 0.404. The van der Waals surface area contributed by atoms with Crippen LogP contribution in [0.3, 0.4) is 0 Å². The maximum Gasteiger partial charge on any atom is 0.253 e. The summed E-state index contributed by atoms with van der Waals surface area (Å²) in [6.45, 7) is 6.01. The van der Waals surface area contributed by atoms with Crippen LogP contribution >= 0.6 is 0 Å². The molecule has 0 aromatic carbocycles. The highest BCUT2D eigenvalue weighted by atomic mass is 16.2. The molecular formula is C11H17N3O2. The molecule has 88 valence electrons. The van der Waals surface area contributed by atoms with Gasteiger partial charge in [0.1, 0.15) is 6.54 Å². The van der Waals surface area contributed by atoms with Crippen LogP contribution in [0.2, 0.25) is 0 Å². The Morgan fingerprint density at radius 3 is 2.75 bits per heavy atom. The zero-order chi connectivity index (χ0) is 12.1. The summed E-state index contributed by atoms with van der Waals surface area (Å²) < 4.78 is 1.28. The minimum atomic E-state index is -0.220. The summed E-state index contributed by atoms with van der Waals surface area (Å²) in [4.78, 5) is 26.7. The van der Waals surface area contributed by atoms with Crippen molar-refractivity contribution >= 4 is 5.91 Å². The molecule has 1 atom stereocenters. The van der Waals surface area contributed by atoms with E-state index in [4.69, 9.17) is 0 Å². The molecule has 1 heterocycles. The number of hydrogen-bond donors (Lipinski definition) is 1. The van der Waals surface area contributed by atoms with Crippen LogP contribution in [0.5, 0.6) is 0 Å². The molecule has 1 rings (SSSR count). The second kappa shape index (κ2) is 5.44. The van der Waals surface area contributed by atoms with Crippen LogP contribution in [0.25, 0.3) is 0 Å². The first-order chi connectivity index (χ1) is 7.50. The maximum atomic E-state index is 11.6. The molecule has 5 nitrogen and oxygen atoms in total. The molecule has 1 amide bonds. The quantitative estimate of drug-likeness (QED) is 0.803. The van der Waals surface area contributed by atoms with Crippen LogP contribution in [0.4, 0.5) is 0 Å². The molecular weight excluding hydrogens is 206 g/mol. The fourth-order valence-electron chi connectivity index (χ4n) is 1.12. The van der Waals surface area contributed by atoms with Gasteiger partial charge in [0.2, 0.25) is 5.91 Å². The summed E-state index contributed by atoms with van der Waals surface area (Å²) in [6.07, 6.45) is 2.77. The van der Waals surface area contributed by atoms with E-state index in [0.717, 1.165) is 0 Å². The van der Waals surface area contributed by atoms with Crippen LogP contribution in [-0.4, -0.2) is 21.5 Å². The van der Waals surface area contributed by atoms with Crippen LogP contribution in [-0.2, 0) is 11.3 Å². The van der Waals surface area contributed by atoms with Gasteiger partial charge in [-0.25, -0.2) is 4.98 Å². The zero-order valence-electron chi connectivity index (χ0n) is 9.80. The topological polar surface area (TPSA) is 64.0 Å². The van der Waals surface area contributed by atoms with Gasteiger partial charge in [-0.15, -0.1) is 0 Å². The van der Waals surface area contributed by atoms with Gasteiger partial charge in [0.25, 0.3) is 5.56 Å². The monoisotopic (exact) mass is 223 g/mol. The smallest absolute Gasteiger partial charge is 0.253 e. The highest BCUT2D eigenvalue weighted by Gasteiger charge is 2.11. The third kappa shape index (κ3) is 3.49. The van der Waals surface area contributed by atoms with E-state index in [1.807, 2.05) is 20.8 Å². The summed E-state index contributed by atoms with van der Waals surface area (Å²) in [7, 11) is 0. The normalized spacial score (nSPS) is 12.5. The van der Waals surface area contributed by atoms with Crippen molar-refractivity contribution in [3.05, 3.63) is 28.9 Å². The van der Waals surface area contributed by atoms with E-state index in [2.05, 4.69) is 10.3 Å². The molecule has 1 aromatic heterocycles. The highest BCUT2D eigenvalue weighted by molar-refractivity contribution is 5.75.